The van der Waals surface area contributed by atoms with Crippen molar-refractivity contribution in [3.8, 4) is 0 Å². The Morgan fingerprint density at radius 2 is 2.45 bits per heavy atom. The number of hydrogen-bond acceptors (Lipinski definition) is 2. The van der Waals surface area contributed by atoms with Gasteiger partial charge in [0.2, 0.25) is 0 Å². The summed E-state index contributed by atoms with van der Waals surface area (Å²) in [5, 5.41) is 3.36. The van der Waals surface area contributed by atoms with Crippen LogP contribution in [0.15, 0.2) is 12.3 Å². The zero-order valence-electron chi connectivity index (χ0n) is 6.72. The van der Waals surface area contributed by atoms with Crippen LogP contribution in [-0.2, 0) is 0 Å². The minimum Gasteiger partial charge on any atom is -0.382 e. The van der Waals surface area contributed by atoms with Gasteiger partial charge in [0.1, 0.15) is 5.82 Å². The number of fused-ring (bicyclic) bond motifs is 1. The van der Waals surface area contributed by atoms with Crippen molar-refractivity contribution >= 4 is 11.5 Å². The summed E-state index contributed by atoms with van der Waals surface area (Å²) in [5.74, 6) is 1.21. The molecule has 0 aromatic carbocycles. The first kappa shape index (κ1) is 6.58. The van der Waals surface area contributed by atoms with Crippen LogP contribution in [-0.4, -0.2) is 25.1 Å². The maximum atomic E-state index is 3.36. The van der Waals surface area contributed by atoms with Gasteiger partial charge in [0.15, 0.2) is 0 Å². The van der Waals surface area contributed by atoms with Crippen molar-refractivity contribution < 1.29 is 0 Å². The summed E-state index contributed by atoms with van der Waals surface area (Å²) in [6.45, 7) is 2.20. The molecule has 0 unspecified atom stereocenters. The van der Waals surface area contributed by atoms with Crippen molar-refractivity contribution in [1.82, 2.24) is 4.98 Å². The van der Waals surface area contributed by atoms with Crippen molar-refractivity contribution in [3.05, 3.63) is 12.3 Å². The van der Waals surface area contributed by atoms with Crippen LogP contribution in [0.4, 0.5) is 11.5 Å². The minimum atomic E-state index is 1.08. The highest BCUT2D eigenvalue weighted by atomic mass is 15.2. The fourth-order valence-corrected chi connectivity index (χ4v) is 1.47. The third kappa shape index (κ3) is 1.06. The zero-order chi connectivity index (χ0) is 7.68. The van der Waals surface area contributed by atoms with Crippen molar-refractivity contribution in [2.75, 3.05) is 30.4 Å². The highest BCUT2D eigenvalue weighted by Crippen LogP contribution is 2.24. The van der Waals surface area contributed by atoms with Crippen LogP contribution in [0.1, 0.15) is 6.42 Å². The van der Waals surface area contributed by atoms with E-state index in [4.69, 9.17) is 0 Å². The molecule has 1 aliphatic rings. The third-order valence-corrected chi connectivity index (χ3v) is 2.09. The van der Waals surface area contributed by atoms with Gasteiger partial charge in [-0.05, 0) is 12.5 Å². The molecular weight excluding hydrogens is 138 g/mol. The number of nitrogens with one attached hydrogen (secondary N) is 2. The van der Waals surface area contributed by atoms with Gasteiger partial charge < -0.3 is 15.2 Å². The van der Waals surface area contributed by atoms with Gasteiger partial charge in [0.05, 0.1) is 5.69 Å². The number of nitrogens with zero attached hydrogens (tertiary/aromatic N) is 1. The number of H-pyrrole nitrogens is 1. The molecule has 2 N–H and O–H groups in total. The second-order valence-electron chi connectivity index (χ2n) is 2.94. The monoisotopic (exact) mass is 151 g/mol. The molecule has 0 atom stereocenters. The molecule has 0 aliphatic carbocycles. The maximum absolute atomic E-state index is 3.36. The lowest BCUT2D eigenvalue weighted by Gasteiger charge is -2.14. The van der Waals surface area contributed by atoms with Crippen LogP contribution in [0.2, 0.25) is 0 Å². The van der Waals surface area contributed by atoms with Crippen LogP contribution < -0.4 is 10.2 Å². The van der Waals surface area contributed by atoms with Gasteiger partial charge in [-0.2, -0.15) is 0 Å². The van der Waals surface area contributed by atoms with Gasteiger partial charge >= 0.3 is 0 Å². The average molecular weight is 151 g/mol. The molecule has 2 heterocycles. The highest BCUT2D eigenvalue weighted by molar-refractivity contribution is 5.66. The van der Waals surface area contributed by atoms with Crippen molar-refractivity contribution in [2.45, 2.75) is 6.42 Å². The Kier molecular flexibility index (Phi) is 1.49. The molecule has 3 heteroatoms. The summed E-state index contributed by atoms with van der Waals surface area (Å²) in [7, 11) is 2.11. The SMILES string of the molecule is CN1CCCNc2cc[nH]c21. The summed E-state index contributed by atoms with van der Waals surface area (Å²) >= 11 is 0. The van der Waals surface area contributed by atoms with E-state index in [0.717, 1.165) is 13.1 Å². The normalized spacial score (nSPS) is 17.0. The Labute approximate surface area is 66.4 Å². The first-order valence-corrected chi connectivity index (χ1v) is 4.00. The lowest BCUT2D eigenvalue weighted by Crippen LogP contribution is -2.17. The second kappa shape index (κ2) is 2.49. The molecule has 0 radical (unpaired) electrons. The molecule has 0 bridgehead atoms. The molecule has 2 rings (SSSR count). The van der Waals surface area contributed by atoms with Gasteiger partial charge in [-0.3, -0.25) is 0 Å². The molecule has 0 saturated heterocycles. The van der Waals surface area contributed by atoms with Crippen molar-refractivity contribution in [3.63, 3.8) is 0 Å². The summed E-state index contributed by atoms with van der Waals surface area (Å²) < 4.78 is 0. The zero-order valence-corrected chi connectivity index (χ0v) is 6.72. The van der Waals surface area contributed by atoms with Crippen LogP contribution in [0.25, 0.3) is 0 Å². The fraction of sp³-hybridized carbons (Fsp3) is 0.500. The molecule has 1 aromatic heterocycles. The first-order chi connectivity index (χ1) is 5.38. The predicted molar refractivity (Wildman–Crippen MR) is 47.2 cm³/mol. The van der Waals surface area contributed by atoms with E-state index in [9.17, 15) is 0 Å². The number of anilines is 2. The standard InChI is InChI=1S/C8H13N3/c1-11-6-2-4-9-7-3-5-10-8(7)11/h3,5,9-10H,2,4,6H2,1H3. The molecule has 0 amide bonds. The third-order valence-electron chi connectivity index (χ3n) is 2.09. The molecule has 11 heavy (non-hydrogen) atoms. The molecule has 0 saturated carbocycles. The fourth-order valence-electron chi connectivity index (χ4n) is 1.47. The number of aromatic nitrogens is 1. The smallest absolute Gasteiger partial charge is 0.129 e. The van der Waals surface area contributed by atoms with Gasteiger partial charge in [0, 0.05) is 26.3 Å². The molecule has 1 aliphatic heterocycles. The lowest BCUT2D eigenvalue weighted by atomic mass is 10.4. The quantitative estimate of drug-likeness (QED) is 0.585. The number of rotatable bonds is 0. The van der Waals surface area contributed by atoms with Gasteiger partial charge in [-0.15, -0.1) is 0 Å². The molecular formula is C8H13N3. The molecule has 3 nitrogen and oxygen atoms in total. The van der Waals surface area contributed by atoms with Crippen LogP contribution >= 0.6 is 0 Å². The Morgan fingerprint density at radius 3 is 3.36 bits per heavy atom. The summed E-state index contributed by atoms with van der Waals surface area (Å²) in [6.07, 6.45) is 3.18. The van der Waals surface area contributed by atoms with E-state index in [1.54, 1.807) is 0 Å². The molecule has 60 valence electrons. The maximum Gasteiger partial charge on any atom is 0.129 e. The highest BCUT2D eigenvalue weighted by Gasteiger charge is 2.10. The minimum absolute atomic E-state index is 1.08. The second-order valence-corrected chi connectivity index (χ2v) is 2.94. The number of hydrogen-bond donors (Lipinski definition) is 2. The summed E-state index contributed by atoms with van der Waals surface area (Å²) in [6, 6.07) is 2.08. The van der Waals surface area contributed by atoms with E-state index in [2.05, 4.69) is 28.3 Å². The first-order valence-electron chi connectivity index (χ1n) is 4.00. The van der Waals surface area contributed by atoms with Gasteiger partial charge in [-0.25, -0.2) is 0 Å². The van der Waals surface area contributed by atoms with E-state index in [-0.39, 0.29) is 0 Å². The van der Waals surface area contributed by atoms with E-state index in [1.807, 2.05) is 6.20 Å². The van der Waals surface area contributed by atoms with Crippen molar-refractivity contribution in [2.24, 2.45) is 0 Å². The topological polar surface area (TPSA) is 31.1 Å². The van der Waals surface area contributed by atoms with E-state index >= 15 is 0 Å². The largest absolute Gasteiger partial charge is 0.382 e. The van der Waals surface area contributed by atoms with Crippen LogP contribution in [0.3, 0.4) is 0 Å². The lowest BCUT2D eigenvalue weighted by molar-refractivity contribution is 0.828. The Balaban J connectivity index is 2.34. The summed E-state index contributed by atoms with van der Waals surface area (Å²) in [4.78, 5) is 5.46. The Hall–Kier alpha value is -1.12. The predicted octanol–water partition coefficient (Wildman–Crippen LogP) is 1.27. The van der Waals surface area contributed by atoms with Crippen LogP contribution in [0.5, 0.6) is 0 Å². The molecule has 1 aromatic rings. The Bertz CT molecular complexity index is 241. The average Bonchev–Trinajstić information content (AvgIpc) is 2.40. The van der Waals surface area contributed by atoms with Gasteiger partial charge in [0.25, 0.3) is 0 Å². The molecule has 0 spiro atoms. The van der Waals surface area contributed by atoms with Crippen LogP contribution in [0, 0.1) is 0 Å². The molecule has 0 fully saturated rings. The van der Waals surface area contributed by atoms with Gasteiger partial charge in [-0.1, -0.05) is 0 Å². The van der Waals surface area contributed by atoms with Crippen molar-refractivity contribution in [1.29, 1.82) is 0 Å². The number of aromatic amines is 1. The van der Waals surface area contributed by atoms with E-state index < -0.39 is 0 Å². The Morgan fingerprint density at radius 1 is 1.55 bits per heavy atom. The van der Waals surface area contributed by atoms with E-state index in [1.165, 1.54) is 17.9 Å². The summed E-state index contributed by atoms with van der Waals surface area (Å²) in [5.41, 5.74) is 1.23. The van der Waals surface area contributed by atoms with E-state index in [0.29, 0.717) is 0 Å².